The third-order valence-electron chi connectivity index (χ3n) is 5.29. The zero-order valence-corrected chi connectivity index (χ0v) is 17.7. The van der Waals surface area contributed by atoms with E-state index in [1.165, 1.54) is 5.56 Å². The molecule has 3 rings (SSSR count). The summed E-state index contributed by atoms with van der Waals surface area (Å²) in [5, 5.41) is 20.7. The molecule has 0 heterocycles. The predicted octanol–water partition coefficient (Wildman–Crippen LogP) is 4.53. The fourth-order valence-electron chi connectivity index (χ4n) is 3.76. The van der Waals surface area contributed by atoms with E-state index in [2.05, 4.69) is 0 Å². The molecule has 2 atom stereocenters. The number of aliphatic hydroxyl groups is 1. The largest absolute Gasteiger partial charge is 0.508 e. The highest BCUT2D eigenvalue weighted by Gasteiger charge is 2.32. The molecule has 5 heteroatoms. The van der Waals surface area contributed by atoms with E-state index in [-0.39, 0.29) is 18.3 Å². The van der Waals surface area contributed by atoms with Gasteiger partial charge in [-0.15, -0.1) is 0 Å². The first kappa shape index (κ1) is 21.2. The number of phenolic OH excluding ortho intramolecular Hbond substituents is 1. The van der Waals surface area contributed by atoms with E-state index in [1.54, 1.807) is 17.0 Å². The van der Waals surface area contributed by atoms with E-state index < -0.39 is 17.8 Å². The highest BCUT2D eigenvalue weighted by atomic mass is 16.6. The van der Waals surface area contributed by atoms with Crippen LogP contribution >= 0.6 is 0 Å². The normalized spacial score (nSPS) is 17.3. The van der Waals surface area contributed by atoms with Crippen molar-refractivity contribution in [1.82, 2.24) is 4.90 Å². The molecule has 2 unspecified atom stereocenters. The van der Waals surface area contributed by atoms with Gasteiger partial charge in [-0.2, -0.15) is 0 Å². The molecule has 1 aliphatic carbocycles. The minimum atomic E-state index is -0.798. The number of fused-ring (bicyclic) bond motifs is 1. The molecule has 2 N–H and O–H groups in total. The van der Waals surface area contributed by atoms with Gasteiger partial charge in [0.2, 0.25) is 0 Å². The zero-order chi connectivity index (χ0) is 21.2. The molecule has 0 radical (unpaired) electrons. The van der Waals surface area contributed by atoms with Gasteiger partial charge in [0.15, 0.2) is 0 Å². The molecule has 5 nitrogen and oxygen atoms in total. The van der Waals surface area contributed by atoms with Gasteiger partial charge in [0.05, 0.1) is 12.6 Å². The predicted molar refractivity (Wildman–Crippen MR) is 113 cm³/mol. The van der Waals surface area contributed by atoms with Crippen LogP contribution < -0.4 is 0 Å². The Bertz CT molecular complexity index is 854. The Morgan fingerprint density at radius 3 is 2.52 bits per heavy atom. The van der Waals surface area contributed by atoms with Gasteiger partial charge in [0.1, 0.15) is 11.4 Å². The molecule has 1 aliphatic rings. The van der Waals surface area contributed by atoms with Gasteiger partial charge in [0, 0.05) is 6.04 Å². The van der Waals surface area contributed by atoms with Crippen LogP contribution in [0.1, 0.15) is 55.5 Å². The number of hydrogen-bond acceptors (Lipinski definition) is 4. The Hall–Kier alpha value is -2.53. The molecule has 0 saturated heterocycles. The number of nitrogens with zero attached hydrogens (tertiary/aromatic N) is 1. The maximum atomic E-state index is 13.0. The Balaban J connectivity index is 1.83. The van der Waals surface area contributed by atoms with Crippen LogP contribution in [0.4, 0.5) is 4.79 Å². The molecule has 0 spiro atoms. The van der Waals surface area contributed by atoms with E-state index in [9.17, 15) is 15.0 Å². The van der Waals surface area contributed by atoms with Crippen molar-refractivity contribution in [3.05, 3.63) is 64.7 Å². The highest BCUT2D eigenvalue weighted by molar-refractivity contribution is 5.69. The van der Waals surface area contributed by atoms with Crippen LogP contribution in [0.2, 0.25) is 0 Å². The first-order chi connectivity index (χ1) is 13.6. The summed E-state index contributed by atoms with van der Waals surface area (Å²) in [5.41, 5.74) is 3.52. The Labute approximate surface area is 172 Å². The molecule has 0 bridgehead atoms. The lowest BCUT2D eigenvalue weighted by Gasteiger charge is -2.37. The van der Waals surface area contributed by atoms with Gasteiger partial charge in [-0.25, -0.2) is 4.79 Å². The summed E-state index contributed by atoms with van der Waals surface area (Å²) in [6.45, 7) is 7.68. The van der Waals surface area contributed by atoms with Gasteiger partial charge >= 0.3 is 6.09 Å². The summed E-state index contributed by atoms with van der Waals surface area (Å²) >= 11 is 0. The monoisotopic (exact) mass is 397 g/mol. The standard InChI is InChI=1S/C24H31NO4/c1-16-5-7-18(8-6-16)22(27)15-25(23(28)29-24(2,3)4)20-11-9-17-10-12-21(26)14-19(17)13-20/h5-8,10,12,14,20,22,26-27H,9,11,13,15H2,1-4H3. The highest BCUT2D eigenvalue weighted by Crippen LogP contribution is 2.29. The minimum Gasteiger partial charge on any atom is -0.508 e. The Morgan fingerprint density at radius 2 is 1.86 bits per heavy atom. The van der Waals surface area contributed by atoms with Gasteiger partial charge < -0.3 is 19.8 Å². The van der Waals surface area contributed by atoms with E-state index in [1.807, 2.05) is 58.0 Å². The second-order valence-electron chi connectivity index (χ2n) is 8.91. The number of phenols is 1. The quantitative estimate of drug-likeness (QED) is 0.795. The summed E-state index contributed by atoms with van der Waals surface area (Å²) < 4.78 is 5.65. The fraction of sp³-hybridized carbons (Fsp3) is 0.458. The number of aliphatic hydroxyl groups excluding tert-OH is 1. The van der Waals surface area contributed by atoms with Crippen molar-refractivity contribution in [3.63, 3.8) is 0 Å². The maximum Gasteiger partial charge on any atom is 0.410 e. The van der Waals surface area contributed by atoms with Crippen molar-refractivity contribution < 1.29 is 19.7 Å². The van der Waals surface area contributed by atoms with Gasteiger partial charge in [0.25, 0.3) is 0 Å². The lowest BCUT2D eigenvalue weighted by molar-refractivity contribution is 0.00195. The lowest BCUT2D eigenvalue weighted by Crippen LogP contribution is -2.47. The van der Waals surface area contributed by atoms with Crippen molar-refractivity contribution in [2.75, 3.05) is 6.54 Å². The number of hydrogen-bond donors (Lipinski definition) is 2. The van der Waals surface area contributed by atoms with Crippen LogP contribution in [-0.2, 0) is 17.6 Å². The average Bonchev–Trinajstić information content (AvgIpc) is 2.64. The topological polar surface area (TPSA) is 70.0 Å². The van der Waals surface area contributed by atoms with E-state index in [0.29, 0.717) is 6.42 Å². The number of rotatable bonds is 4. The second kappa shape index (κ2) is 8.46. The van der Waals surface area contributed by atoms with Crippen LogP contribution in [-0.4, -0.2) is 39.4 Å². The third kappa shape index (κ3) is 5.51. The number of carbonyl (C=O) groups excluding carboxylic acids is 1. The number of amides is 1. The van der Waals surface area contributed by atoms with Gasteiger partial charge in [-0.1, -0.05) is 35.9 Å². The molecule has 0 saturated carbocycles. The molecule has 156 valence electrons. The molecule has 1 amide bonds. The lowest BCUT2D eigenvalue weighted by atomic mass is 9.87. The number of aryl methyl sites for hydroxylation is 2. The van der Waals surface area contributed by atoms with Crippen LogP contribution in [0.25, 0.3) is 0 Å². The van der Waals surface area contributed by atoms with Gasteiger partial charge in [-0.3, -0.25) is 0 Å². The van der Waals surface area contributed by atoms with E-state index in [4.69, 9.17) is 4.74 Å². The summed E-state index contributed by atoms with van der Waals surface area (Å²) in [5.74, 6) is 0.230. The third-order valence-corrected chi connectivity index (χ3v) is 5.29. The minimum absolute atomic E-state index is 0.0979. The second-order valence-corrected chi connectivity index (χ2v) is 8.91. The average molecular weight is 398 g/mol. The molecule has 2 aromatic carbocycles. The Kier molecular flexibility index (Phi) is 6.18. The van der Waals surface area contributed by atoms with Crippen LogP contribution in [0.15, 0.2) is 42.5 Å². The SMILES string of the molecule is Cc1ccc(C(O)CN(C(=O)OC(C)(C)C)C2CCc3ccc(O)cc3C2)cc1. The first-order valence-electron chi connectivity index (χ1n) is 10.2. The van der Waals surface area contributed by atoms with E-state index in [0.717, 1.165) is 29.5 Å². The summed E-state index contributed by atoms with van der Waals surface area (Å²) in [4.78, 5) is 14.7. The summed E-state index contributed by atoms with van der Waals surface area (Å²) in [7, 11) is 0. The molecule has 0 aliphatic heterocycles. The van der Waals surface area contributed by atoms with E-state index >= 15 is 0 Å². The molecule has 0 fully saturated rings. The fourth-order valence-corrected chi connectivity index (χ4v) is 3.76. The first-order valence-corrected chi connectivity index (χ1v) is 10.2. The molecule has 0 aromatic heterocycles. The van der Waals surface area contributed by atoms with Crippen molar-refractivity contribution in [2.45, 2.75) is 64.7 Å². The molecular formula is C24H31NO4. The molecular weight excluding hydrogens is 366 g/mol. The van der Waals surface area contributed by atoms with Crippen molar-refractivity contribution >= 4 is 6.09 Å². The maximum absolute atomic E-state index is 13.0. The smallest absolute Gasteiger partial charge is 0.410 e. The van der Waals surface area contributed by atoms with Crippen LogP contribution in [0.5, 0.6) is 5.75 Å². The van der Waals surface area contributed by atoms with Crippen molar-refractivity contribution in [3.8, 4) is 5.75 Å². The zero-order valence-electron chi connectivity index (χ0n) is 17.7. The molecule has 2 aromatic rings. The molecule has 29 heavy (non-hydrogen) atoms. The number of benzene rings is 2. The van der Waals surface area contributed by atoms with Gasteiger partial charge in [-0.05, 0) is 75.8 Å². The van der Waals surface area contributed by atoms with Crippen molar-refractivity contribution in [2.24, 2.45) is 0 Å². The number of aromatic hydroxyl groups is 1. The Morgan fingerprint density at radius 1 is 1.17 bits per heavy atom. The summed E-state index contributed by atoms with van der Waals surface area (Å²) in [6, 6.07) is 13.0. The summed E-state index contributed by atoms with van der Waals surface area (Å²) in [6.07, 6.45) is 1.02. The number of carbonyl (C=O) groups is 1. The van der Waals surface area contributed by atoms with Crippen LogP contribution in [0.3, 0.4) is 0 Å². The van der Waals surface area contributed by atoms with Crippen LogP contribution in [0, 0.1) is 6.92 Å². The number of ether oxygens (including phenoxy) is 1. The van der Waals surface area contributed by atoms with Crippen molar-refractivity contribution in [1.29, 1.82) is 0 Å².